The SMILES string of the molecule is CCn1c(SCc2ccccc2[N+](=O)[O-])nnc1-c1cccs1. The molecule has 3 aromatic rings. The molecule has 0 saturated carbocycles. The molecule has 1 aromatic carbocycles. The zero-order chi connectivity index (χ0) is 16.2. The lowest BCUT2D eigenvalue weighted by Gasteiger charge is -2.06. The molecule has 0 radical (unpaired) electrons. The molecule has 0 unspecified atom stereocenters. The number of nitro benzene ring substituents is 1. The third-order valence-electron chi connectivity index (χ3n) is 3.32. The second kappa shape index (κ2) is 6.93. The van der Waals surface area contributed by atoms with Crippen LogP contribution in [-0.2, 0) is 12.3 Å². The van der Waals surface area contributed by atoms with Crippen LogP contribution in [0.25, 0.3) is 10.7 Å². The smallest absolute Gasteiger partial charge is 0.273 e. The van der Waals surface area contributed by atoms with E-state index in [4.69, 9.17) is 0 Å². The van der Waals surface area contributed by atoms with E-state index in [0.29, 0.717) is 11.3 Å². The van der Waals surface area contributed by atoms with Crippen LogP contribution in [0, 0.1) is 10.1 Å². The van der Waals surface area contributed by atoms with Gasteiger partial charge < -0.3 is 4.57 Å². The molecular formula is C15H14N4O2S2. The summed E-state index contributed by atoms with van der Waals surface area (Å²) in [5, 5.41) is 22.4. The number of benzene rings is 1. The van der Waals surface area contributed by atoms with Gasteiger partial charge in [-0.1, -0.05) is 36.0 Å². The van der Waals surface area contributed by atoms with Gasteiger partial charge in [-0.25, -0.2) is 0 Å². The first kappa shape index (κ1) is 15.7. The Hall–Kier alpha value is -2.19. The molecule has 0 aliphatic carbocycles. The van der Waals surface area contributed by atoms with E-state index in [9.17, 15) is 10.1 Å². The molecule has 0 amide bonds. The monoisotopic (exact) mass is 346 g/mol. The summed E-state index contributed by atoms with van der Waals surface area (Å²) in [5.41, 5.74) is 0.826. The Morgan fingerprint density at radius 1 is 1.26 bits per heavy atom. The van der Waals surface area contributed by atoms with Gasteiger partial charge in [-0.05, 0) is 18.4 Å². The van der Waals surface area contributed by atoms with Crippen LogP contribution in [-0.4, -0.2) is 19.7 Å². The fraction of sp³-hybridized carbons (Fsp3) is 0.200. The average molecular weight is 346 g/mol. The van der Waals surface area contributed by atoms with E-state index in [0.717, 1.165) is 22.4 Å². The Bertz CT molecular complexity index is 815. The zero-order valence-corrected chi connectivity index (χ0v) is 14.0. The third-order valence-corrected chi connectivity index (χ3v) is 5.20. The molecule has 8 heteroatoms. The molecule has 0 saturated heterocycles. The van der Waals surface area contributed by atoms with Gasteiger partial charge in [0, 0.05) is 23.9 Å². The Labute approximate surface area is 141 Å². The lowest BCUT2D eigenvalue weighted by Crippen LogP contribution is -1.99. The van der Waals surface area contributed by atoms with Gasteiger partial charge in [0.15, 0.2) is 11.0 Å². The Morgan fingerprint density at radius 3 is 2.78 bits per heavy atom. The summed E-state index contributed by atoms with van der Waals surface area (Å²) in [7, 11) is 0. The topological polar surface area (TPSA) is 73.8 Å². The van der Waals surface area contributed by atoms with Crippen LogP contribution in [0.4, 0.5) is 5.69 Å². The summed E-state index contributed by atoms with van der Waals surface area (Å²) in [6.45, 7) is 2.79. The van der Waals surface area contributed by atoms with E-state index in [1.807, 2.05) is 35.1 Å². The first-order chi connectivity index (χ1) is 11.2. The molecule has 0 bridgehead atoms. The van der Waals surface area contributed by atoms with Crippen molar-refractivity contribution >= 4 is 28.8 Å². The maximum atomic E-state index is 11.1. The van der Waals surface area contributed by atoms with Crippen molar-refractivity contribution in [3.8, 4) is 10.7 Å². The minimum atomic E-state index is -0.350. The number of rotatable bonds is 6. The van der Waals surface area contributed by atoms with Crippen LogP contribution in [0.3, 0.4) is 0 Å². The zero-order valence-electron chi connectivity index (χ0n) is 12.4. The van der Waals surface area contributed by atoms with Crippen molar-refractivity contribution in [1.82, 2.24) is 14.8 Å². The number of thioether (sulfide) groups is 1. The molecule has 2 aromatic heterocycles. The van der Waals surface area contributed by atoms with E-state index < -0.39 is 0 Å². The number of hydrogen-bond acceptors (Lipinski definition) is 6. The fourth-order valence-electron chi connectivity index (χ4n) is 2.22. The van der Waals surface area contributed by atoms with Gasteiger partial charge in [0.25, 0.3) is 5.69 Å². The van der Waals surface area contributed by atoms with Crippen molar-refractivity contribution < 1.29 is 4.92 Å². The predicted molar refractivity (Wildman–Crippen MR) is 91.7 cm³/mol. The molecule has 0 spiro atoms. The first-order valence-corrected chi connectivity index (χ1v) is 8.89. The minimum Gasteiger partial charge on any atom is -0.302 e. The lowest BCUT2D eigenvalue weighted by molar-refractivity contribution is -0.385. The molecule has 2 heterocycles. The summed E-state index contributed by atoms with van der Waals surface area (Å²) in [5.74, 6) is 1.33. The minimum absolute atomic E-state index is 0.140. The van der Waals surface area contributed by atoms with Crippen molar-refractivity contribution in [2.45, 2.75) is 24.4 Å². The van der Waals surface area contributed by atoms with E-state index >= 15 is 0 Å². The Morgan fingerprint density at radius 2 is 2.09 bits per heavy atom. The number of thiophene rings is 1. The summed E-state index contributed by atoms with van der Waals surface area (Å²) in [4.78, 5) is 11.8. The quantitative estimate of drug-likeness (QED) is 0.379. The fourth-order valence-corrected chi connectivity index (χ4v) is 3.94. The number of para-hydroxylation sites is 1. The Kier molecular flexibility index (Phi) is 4.73. The largest absolute Gasteiger partial charge is 0.302 e. The van der Waals surface area contributed by atoms with Crippen LogP contribution in [0.5, 0.6) is 0 Å². The van der Waals surface area contributed by atoms with Crippen molar-refractivity contribution in [2.75, 3.05) is 0 Å². The highest BCUT2D eigenvalue weighted by atomic mass is 32.2. The van der Waals surface area contributed by atoms with Gasteiger partial charge >= 0.3 is 0 Å². The Balaban J connectivity index is 1.83. The van der Waals surface area contributed by atoms with E-state index in [2.05, 4.69) is 10.2 Å². The van der Waals surface area contributed by atoms with Crippen molar-refractivity contribution in [1.29, 1.82) is 0 Å². The van der Waals surface area contributed by atoms with E-state index in [1.54, 1.807) is 23.5 Å². The summed E-state index contributed by atoms with van der Waals surface area (Å²) < 4.78 is 2.03. The van der Waals surface area contributed by atoms with Crippen LogP contribution in [0.1, 0.15) is 12.5 Å². The molecule has 0 aliphatic rings. The van der Waals surface area contributed by atoms with Gasteiger partial charge in [0.2, 0.25) is 0 Å². The van der Waals surface area contributed by atoms with Crippen LogP contribution >= 0.6 is 23.1 Å². The molecule has 0 aliphatic heterocycles. The highest BCUT2D eigenvalue weighted by molar-refractivity contribution is 7.98. The van der Waals surface area contributed by atoms with Crippen LogP contribution in [0.15, 0.2) is 46.9 Å². The van der Waals surface area contributed by atoms with Crippen molar-refractivity contribution in [2.24, 2.45) is 0 Å². The second-order valence-corrected chi connectivity index (χ2v) is 6.59. The number of aromatic nitrogens is 3. The van der Waals surface area contributed by atoms with Crippen molar-refractivity contribution in [3.05, 3.63) is 57.5 Å². The van der Waals surface area contributed by atoms with Gasteiger partial charge in [-0.3, -0.25) is 10.1 Å². The molecule has 23 heavy (non-hydrogen) atoms. The van der Waals surface area contributed by atoms with Crippen molar-refractivity contribution in [3.63, 3.8) is 0 Å². The molecule has 0 N–H and O–H groups in total. The van der Waals surface area contributed by atoms with E-state index in [1.165, 1.54) is 17.8 Å². The molecule has 0 fully saturated rings. The normalized spacial score (nSPS) is 10.8. The van der Waals surface area contributed by atoms with Crippen LogP contribution < -0.4 is 0 Å². The first-order valence-electron chi connectivity index (χ1n) is 7.03. The van der Waals surface area contributed by atoms with Gasteiger partial charge in [-0.2, -0.15) is 0 Å². The van der Waals surface area contributed by atoms with Gasteiger partial charge in [0.05, 0.1) is 9.80 Å². The maximum Gasteiger partial charge on any atom is 0.273 e. The standard InChI is InChI=1S/C15H14N4O2S2/c1-2-18-14(13-8-5-9-22-13)16-17-15(18)23-10-11-6-3-4-7-12(11)19(20)21/h3-9H,2,10H2,1H3. The lowest BCUT2D eigenvalue weighted by atomic mass is 10.2. The molecule has 118 valence electrons. The summed E-state index contributed by atoms with van der Waals surface area (Å²) in [6, 6.07) is 10.8. The highest BCUT2D eigenvalue weighted by Gasteiger charge is 2.17. The summed E-state index contributed by atoms with van der Waals surface area (Å²) >= 11 is 3.08. The molecule has 3 rings (SSSR count). The number of nitro groups is 1. The molecule has 0 atom stereocenters. The maximum absolute atomic E-state index is 11.1. The van der Waals surface area contributed by atoms with Gasteiger partial charge in [-0.15, -0.1) is 21.5 Å². The molecule has 6 nitrogen and oxygen atoms in total. The van der Waals surface area contributed by atoms with E-state index in [-0.39, 0.29) is 10.6 Å². The highest BCUT2D eigenvalue weighted by Crippen LogP contribution is 2.30. The molecular weight excluding hydrogens is 332 g/mol. The average Bonchev–Trinajstić information content (AvgIpc) is 3.21. The number of nitrogens with zero attached hydrogens (tertiary/aromatic N) is 4. The second-order valence-electron chi connectivity index (χ2n) is 4.70. The third kappa shape index (κ3) is 3.27. The summed E-state index contributed by atoms with van der Waals surface area (Å²) in [6.07, 6.45) is 0. The van der Waals surface area contributed by atoms with Gasteiger partial charge in [0.1, 0.15) is 0 Å². The number of hydrogen-bond donors (Lipinski definition) is 0. The predicted octanol–water partition coefficient (Wildman–Crippen LogP) is 4.23. The van der Waals surface area contributed by atoms with Crippen LogP contribution in [0.2, 0.25) is 0 Å².